The zero-order valence-corrected chi connectivity index (χ0v) is 18.3. The highest BCUT2D eigenvalue weighted by molar-refractivity contribution is 7.91. The molecule has 1 amide bonds. The number of thiazole rings is 1. The van der Waals surface area contributed by atoms with Crippen LogP contribution in [0.5, 0.6) is 0 Å². The molecule has 3 aromatic rings. The summed E-state index contributed by atoms with van der Waals surface area (Å²) in [5.74, 6) is -0.606. The molecule has 1 saturated heterocycles. The van der Waals surface area contributed by atoms with Gasteiger partial charge in [0, 0.05) is 25.3 Å². The van der Waals surface area contributed by atoms with Crippen molar-refractivity contribution in [1.29, 1.82) is 0 Å². The van der Waals surface area contributed by atoms with Crippen molar-refractivity contribution in [3.8, 4) is 0 Å². The van der Waals surface area contributed by atoms with Gasteiger partial charge in [0.05, 0.1) is 16.1 Å². The van der Waals surface area contributed by atoms with Crippen molar-refractivity contribution < 1.29 is 13.2 Å². The lowest BCUT2D eigenvalue weighted by Crippen LogP contribution is -2.43. The number of benzene rings is 1. The van der Waals surface area contributed by atoms with Crippen LogP contribution < -0.4 is 10.2 Å². The molecule has 0 bridgehead atoms. The van der Waals surface area contributed by atoms with Crippen LogP contribution in [0.3, 0.4) is 0 Å². The number of aromatic nitrogens is 1. The summed E-state index contributed by atoms with van der Waals surface area (Å²) in [6.45, 7) is 3.12. The number of fused-ring (bicyclic) bond motifs is 1. The zero-order valence-electron chi connectivity index (χ0n) is 15.8. The number of aryl methyl sites for hydroxylation is 1. The smallest absolute Gasteiger partial charge is 0.308 e. The predicted octanol–water partition coefficient (Wildman–Crippen LogP) is 3.18. The van der Waals surface area contributed by atoms with E-state index in [-0.39, 0.29) is 17.3 Å². The van der Waals surface area contributed by atoms with Gasteiger partial charge in [-0.25, -0.2) is 8.42 Å². The number of hydrogen-bond donors (Lipinski definition) is 1. The minimum absolute atomic E-state index is 0.0207. The number of amides is 1. The Morgan fingerprint density at radius 3 is 2.86 bits per heavy atom. The lowest BCUT2D eigenvalue weighted by molar-refractivity contribution is -0.120. The lowest BCUT2D eigenvalue weighted by Gasteiger charge is -2.30. The molecule has 7 nitrogen and oxygen atoms in total. The number of piperidine rings is 1. The molecular weight excluding hydrogens is 430 g/mol. The van der Waals surface area contributed by atoms with Crippen LogP contribution in [-0.2, 0) is 21.4 Å². The first-order chi connectivity index (χ1) is 13.9. The first-order valence-electron chi connectivity index (χ1n) is 9.38. The zero-order chi connectivity index (χ0) is 20.6. The van der Waals surface area contributed by atoms with Gasteiger partial charge in [-0.3, -0.25) is 14.2 Å². The molecule has 3 heterocycles. The molecule has 29 heavy (non-hydrogen) atoms. The summed E-state index contributed by atoms with van der Waals surface area (Å²) in [6.07, 6.45) is 1.28. The molecule has 1 aromatic carbocycles. The maximum Gasteiger partial charge on any atom is 0.308 e. The third-order valence-corrected chi connectivity index (χ3v) is 9.28. The standard InChI is InChI=1S/C19H21N3O4S3/c1-2-22-15-8-7-14(11-16(15)28-19(22)24)20-18(23)13-5-3-9-21(12-13)29(25,26)17-6-4-10-27-17/h4,6-8,10-11,13H,2-3,5,9,12H2,1H3,(H,20,23)/t13-/m0/s1. The minimum atomic E-state index is -3.56. The van der Waals surface area contributed by atoms with Crippen LogP contribution in [0.25, 0.3) is 10.2 Å². The Labute approximate surface area is 176 Å². The molecule has 10 heteroatoms. The number of carbonyl (C=O) groups is 1. The Morgan fingerprint density at radius 1 is 1.31 bits per heavy atom. The van der Waals surface area contributed by atoms with Gasteiger partial charge in [0.25, 0.3) is 10.0 Å². The van der Waals surface area contributed by atoms with Crippen LogP contribution in [0.4, 0.5) is 5.69 Å². The van der Waals surface area contributed by atoms with Crippen LogP contribution in [0, 0.1) is 5.92 Å². The van der Waals surface area contributed by atoms with Crippen molar-refractivity contribution in [3.05, 3.63) is 45.4 Å². The van der Waals surface area contributed by atoms with Crippen LogP contribution in [-0.4, -0.2) is 36.3 Å². The number of carbonyl (C=O) groups excluding carboxylic acids is 1. The average molecular weight is 452 g/mol. The molecule has 1 aliphatic rings. The van der Waals surface area contributed by atoms with Gasteiger partial charge in [-0.05, 0) is 49.4 Å². The molecule has 1 atom stereocenters. The van der Waals surface area contributed by atoms with E-state index in [0.717, 1.165) is 21.6 Å². The predicted molar refractivity (Wildman–Crippen MR) is 116 cm³/mol. The lowest BCUT2D eigenvalue weighted by atomic mass is 9.98. The molecule has 0 aliphatic carbocycles. The van der Waals surface area contributed by atoms with Gasteiger partial charge in [-0.2, -0.15) is 4.31 Å². The van der Waals surface area contributed by atoms with E-state index in [0.29, 0.717) is 35.8 Å². The molecule has 2 aromatic heterocycles. The second-order valence-corrected chi connectivity index (χ2v) is 11.0. The number of sulfonamides is 1. The minimum Gasteiger partial charge on any atom is -0.326 e. The Balaban J connectivity index is 1.50. The van der Waals surface area contributed by atoms with Gasteiger partial charge >= 0.3 is 4.87 Å². The molecule has 0 spiro atoms. The van der Waals surface area contributed by atoms with E-state index >= 15 is 0 Å². The summed E-state index contributed by atoms with van der Waals surface area (Å²) in [5.41, 5.74) is 1.47. The fourth-order valence-corrected chi connectivity index (χ4v) is 7.26. The van der Waals surface area contributed by atoms with E-state index < -0.39 is 15.9 Å². The summed E-state index contributed by atoms with van der Waals surface area (Å²) in [6, 6.07) is 8.71. The van der Waals surface area contributed by atoms with E-state index in [4.69, 9.17) is 0 Å². The highest BCUT2D eigenvalue weighted by Gasteiger charge is 2.33. The van der Waals surface area contributed by atoms with E-state index in [1.165, 1.54) is 15.6 Å². The van der Waals surface area contributed by atoms with Crippen molar-refractivity contribution in [2.24, 2.45) is 5.92 Å². The topological polar surface area (TPSA) is 88.5 Å². The van der Waals surface area contributed by atoms with Gasteiger partial charge in [0.2, 0.25) is 5.91 Å². The maximum absolute atomic E-state index is 12.8. The van der Waals surface area contributed by atoms with E-state index in [9.17, 15) is 18.0 Å². The van der Waals surface area contributed by atoms with Gasteiger partial charge in [0.1, 0.15) is 4.21 Å². The summed E-state index contributed by atoms with van der Waals surface area (Å²) in [5, 5.41) is 4.63. The molecule has 1 fully saturated rings. The normalized spacial score (nSPS) is 18.2. The van der Waals surface area contributed by atoms with E-state index in [1.54, 1.807) is 34.2 Å². The Kier molecular flexibility index (Phi) is 5.60. The fourth-order valence-electron chi connectivity index (χ4n) is 3.60. The average Bonchev–Trinajstić information content (AvgIpc) is 3.35. The number of hydrogen-bond acceptors (Lipinski definition) is 6. The summed E-state index contributed by atoms with van der Waals surface area (Å²) < 4.78 is 29.7. The van der Waals surface area contributed by atoms with Crippen molar-refractivity contribution in [2.45, 2.75) is 30.5 Å². The van der Waals surface area contributed by atoms with E-state index in [2.05, 4.69) is 5.32 Å². The van der Waals surface area contributed by atoms with Crippen LogP contribution >= 0.6 is 22.7 Å². The fraction of sp³-hybridized carbons (Fsp3) is 0.368. The van der Waals surface area contributed by atoms with Crippen LogP contribution in [0.15, 0.2) is 44.7 Å². The van der Waals surface area contributed by atoms with Crippen molar-refractivity contribution >= 4 is 54.5 Å². The molecule has 154 valence electrons. The van der Waals surface area contributed by atoms with Crippen molar-refractivity contribution in [2.75, 3.05) is 18.4 Å². The second kappa shape index (κ2) is 8.02. The molecule has 0 unspecified atom stereocenters. The summed E-state index contributed by atoms with van der Waals surface area (Å²) >= 11 is 2.34. The van der Waals surface area contributed by atoms with Crippen LogP contribution in [0.1, 0.15) is 19.8 Å². The number of rotatable bonds is 5. The van der Waals surface area contributed by atoms with Gasteiger partial charge in [0.15, 0.2) is 0 Å². The Hall–Kier alpha value is -2.01. The first kappa shape index (κ1) is 20.3. The van der Waals surface area contributed by atoms with Gasteiger partial charge < -0.3 is 5.32 Å². The molecule has 1 aliphatic heterocycles. The quantitative estimate of drug-likeness (QED) is 0.645. The number of anilines is 1. The summed E-state index contributed by atoms with van der Waals surface area (Å²) in [4.78, 5) is 24.8. The third-order valence-electron chi connectivity index (χ3n) is 5.10. The second-order valence-electron chi connectivity index (χ2n) is 6.92. The Bertz CT molecular complexity index is 1200. The number of nitrogens with one attached hydrogen (secondary N) is 1. The highest BCUT2D eigenvalue weighted by Crippen LogP contribution is 2.28. The first-order valence-corrected chi connectivity index (χ1v) is 12.5. The molecule has 4 rings (SSSR count). The molecule has 0 radical (unpaired) electrons. The molecule has 1 N–H and O–H groups in total. The largest absolute Gasteiger partial charge is 0.326 e. The maximum atomic E-state index is 12.8. The van der Waals surface area contributed by atoms with Crippen molar-refractivity contribution in [1.82, 2.24) is 8.87 Å². The van der Waals surface area contributed by atoms with E-state index in [1.807, 2.05) is 13.0 Å². The number of thiophene rings is 1. The van der Waals surface area contributed by atoms with Gasteiger partial charge in [-0.1, -0.05) is 17.4 Å². The monoisotopic (exact) mass is 451 g/mol. The molecular formula is C19H21N3O4S3. The molecule has 0 saturated carbocycles. The van der Waals surface area contributed by atoms with Crippen molar-refractivity contribution in [3.63, 3.8) is 0 Å². The third kappa shape index (κ3) is 3.89. The van der Waals surface area contributed by atoms with Crippen LogP contribution in [0.2, 0.25) is 0 Å². The van der Waals surface area contributed by atoms with Gasteiger partial charge in [-0.15, -0.1) is 11.3 Å². The SMILES string of the molecule is CCn1c(=O)sc2cc(NC(=O)[C@H]3CCCN(S(=O)(=O)c4cccs4)C3)ccc21. The summed E-state index contributed by atoms with van der Waals surface area (Å²) in [7, 11) is -3.56. The highest BCUT2D eigenvalue weighted by atomic mass is 32.2. The number of nitrogens with zero attached hydrogens (tertiary/aromatic N) is 2. The Morgan fingerprint density at radius 2 is 2.14 bits per heavy atom.